The average molecular weight is 308 g/mol. The van der Waals surface area contributed by atoms with Gasteiger partial charge in [-0.15, -0.1) is 0 Å². The van der Waals surface area contributed by atoms with Crippen LogP contribution in [-0.2, 0) is 4.74 Å². The molecule has 0 N–H and O–H groups in total. The van der Waals surface area contributed by atoms with E-state index in [-0.39, 0.29) is 5.97 Å². The highest BCUT2D eigenvalue weighted by Gasteiger charge is 2.25. The maximum Gasteiger partial charge on any atom is 0.339 e. The molecule has 0 bridgehead atoms. The van der Waals surface area contributed by atoms with Crippen molar-refractivity contribution in [1.29, 1.82) is 0 Å². The van der Waals surface area contributed by atoms with Crippen LogP contribution in [0.5, 0.6) is 0 Å². The van der Waals surface area contributed by atoms with Gasteiger partial charge in [0, 0.05) is 0 Å². The van der Waals surface area contributed by atoms with E-state index >= 15 is 0 Å². The number of carbonyl (C=O) groups is 1. The standard InChI is InChI=1S/C21H24O2/c1-5-21(4,15-9-10-16(2)3)23-20(22)19-14-8-12-17-11-6-7-13-18(17)19/h5-8,10-14H,1,9,15H2,2-4H3. The van der Waals surface area contributed by atoms with E-state index in [2.05, 4.69) is 26.5 Å². The second-order valence-electron chi connectivity index (χ2n) is 6.25. The highest BCUT2D eigenvalue weighted by Crippen LogP contribution is 2.25. The average Bonchev–Trinajstić information content (AvgIpc) is 2.53. The Morgan fingerprint density at radius 2 is 1.87 bits per heavy atom. The molecule has 2 aromatic rings. The predicted octanol–water partition coefficient (Wildman–Crippen LogP) is 5.69. The first kappa shape index (κ1) is 17.0. The number of fused-ring (bicyclic) bond motifs is 1. The van der Waals surface area contributed by atoms with Crippen molar-refractivity contribution in [2.75, 3.05) is 0 Å². The number of rotatable bonds is 6. The number of hydrogen-bond donors (Lipinski definition) is 0. The Morgan fingerprint density at radius 1 is 1.17 bits per heavy atom. The third-order valence-electron chi connectivity index (χ3n) is 3.96. The van der Waals surface area contributed by atoms with Crippen molar-refractivity contribution in [2.45, 2.75) is 39.2 Å². The molecule has 0 aliphatic heterocycles. The van der Waals surface area contributed by atoms with Crippen LogP contribution in [0.1, 0.15) is 44.0 Å². The first-order valence-corrected chi connectivity index (χ1v) is 7.93. The number of benzene rings is 2. The van der Waals surface area contributed by atoms with Gasteiger partial charge in [-0.1, -0.05) is 54.6 Å². The van der Waals surface area contributed by atoms with E-state index in [1.807, 2.05) is 49.4 Å². The summed E-state index contributed by atoms with van der Waals surface area (Å²) in [7, 11) is 0. The topological polar surface area (TPSA) is 26.3 Å². The maximum absolute atomic E-state index is 12.6. The molecule has 0 aliphatic carbocycles. The van der Waals surface area contributed by atoms with Gasteiger partial charge in [-0.05, 0) is 56.5 Å². The molecule has 2 heteroatoms. The van der Waals surface area contributed by atoms with E-state index in [4.69, 9.17) is 4.74 Å². The molecule has 2 aromatic carbocycles. The Hall–Kier alpha value is -2.35. The molecule has 0 spiro atoms. The summed E-state index contributed by atoms with van der Waals surface area (Å²) in [5.74, 6) is -0.304. The fourth-order valence-corrected chi connectivity index (χ4v) is 2.51. The minimum Gasteiger partial charge on any atom is -0.452 e. The molecule has 0 saturated heterocycles. The van der Waals surface area contributed by atoms with Crippen molar-refractivity contribution in [1.82, 2.24) is 0 Å². The van der Waals surface area contributed by atoms with Gasteiger partial charge in [0.1, 0.15) is 5.60 Å². The molecule has 0 aromatic heterocycles. The Bertz CT molecular complexity index is 733. The van der Waals surface area contributed by atoms with E-state index in [1.54, 1.807) is 6.08 Å². The predicted molar refractivity (Wildman–Crippen MR) is 96.6 cm³/mol. The summed E-state index contributed by atoms with van der Waals surface area (Å²) >= 11 is 0. The maximum atomic E-state index is 12.6. The molecule has 0 heterocycles. The monoisotopic (exact) mass is 308 g/mol. The van der Waals surface area contributed by atoms with Gasteiger partial charge in [-0.3, -0.25) is 0 Å². The third-order valence-corrected chi connectivity index (χ3v) is 3.96. The first-order valence-electron chi connectivity index (χ1n) is 7.93. The number of allylic oxidation sites excluding steroid dienone is 2. The molecule has 23 heavy (non-hydrogen) atoms. The van der Waals surface area contributed by atoms with E-state index in [9.17, 15) is 4.79 Å². The summed E-state index contributed by atoms with van der Waals surface area (Å²) in [4.78, 5) is 12.6. The van der Waals surface area contributed by atoms with Gasteiger partial charge in [-0.25, -0.2) is 4.79 Å². The summed E-state index contributed by atoms with van der Waals surface area (Å²) in [5.41, 5.74) is 1.19. The molecule has 0 amide bonds. The SMILES string of the molecule is C=CC(C)(CCC=C(C)C)OC(=O)c1cccc2ccccc12. The van der Waals surface area contributed by atoms with E-state index in [0.29, 0.717) is 5.56 Å². The van der Waals surface area contributed by atoms with Gasteiger partial charge < -0.3 is 4.74 Å². The largest absolute Gasteiger partial charge is 0.452 e. The molecule has 1 atom stereocenters. The third kappa shape index (κ3) is 4.32. The molecule has 1 unspecified atom stereocenters. The Balaban J connectivity index is 2.21. The fourth-order valence-electron chi connectivity index (χ4n) is 2.51. The fraction of sp³-hybridized carbons (Fsp3) is 0.286. The smallest absolute Gasteiger partial charge is 0.339 e. The van der Waals surface area contributed by atoms with Crippen LogP contribution in [0.2, 0.25) is 0 Å². The van der Waals surface area contributed by atoms with E-state index in [1.165, 1.54) is 5.57 Å². The van der Waals surface area contributed by atoms with Gasteiger partial charge >= 0.3 is 5.97 Å². The van der Waals surface area contributed by atoms with Crippen molar-refractivity contribution in [3.05, 3.63) is 72.3 Å². The molecule has 120 valence electrons. The number of hydrogen-bond acceptors (Lipinski definition) is 2. The Labute approximate surface area is 138 Å². The molecule has 2 nitrogen and oxygen atoms in total. The molecule has 0 aliphatic rings. The zero-order valence-corrected chi connectivity index (χ0v) is 14.1. The lowest BCUT2D eigenvalue weighted by Crippen LogP contribution is -2.29. The quantitative estimate of drug-likeness (QED) is 0.506. The second-order valence-corrected chi connectivity index (χ2v) is 6.25. The molecule has 2 rings (SSSR count). The normalized spacial score (nSPS) is 13.2. The number of esters is 1. The van der Waals surface area contributed by atoms with Crippen LogP contribution in [0.4, 0.5) is 0 Å². The lowest BCUT2D eigenvalue weighted by molar-refractivity contribution is 0.00858. The molecule has 0 saturated carbocycles. The Morgan fingerprint density at radius 3 is 2.57 bits per heavy atom. The van der Waals surface area contributed by atoms with Crippen LogP contribution in [-0.4, -0.2) is 11.6 Å². The number of carbonyl (C=O) groups excluding carboxylic acids is 1. The van der Waals surface area contributed by atoms with Crippen LogP contribution in [0.25, 0.3) is 10.8 Å². The summed E-state index contributed by atoms with van der Waals surface area (Å²) in [6, 6.07) is 13.5. The lowest BCUT2D eigenvalue weighted by Gasteiger charge is -2.26. The summed E-state index contributed by atoms with van der Waals surface area (Å²) < 4.78 is 5.78. The zero-order chi connectivity index (χ0) is 16.9. The van der Waals surface area contributed by atoms with Crippen molar-refractivity contribution >= 4 is 16.7 Å². The Kier molecular flexibility index (Phi) is 5.38. The van der Waals surface area contributed by atoms with E-state index < -0.39 is 5.60 Å². The van der Waals surface area contributed by atoms with E-state index in [0.717, 1.165) is 23.6 Å². The van der Waals surface area contributed by atoms with Crippen LogP contribution in [0.15, 0.2) is 66.8 Å². The highest BCUT2D eigenvalue weighted by atomic mass is 16.6. The van der Waals surface area contributed by atoms with Gasteiger partial charge in [-0.2, -0.15) is 0 Å². The van der Waals surface area contributed by atoms with Gasteiger partial charge in [0.25, 0.3) is 0 Å². The van der Waals surface area contributed by atoms with Crippen LogP contribution >= 0.6 is 0 Å². The van der Waals surface area contributed by atoms with Crippen molar-refractivity contribution in [3.8, 4) is 0 Å². The molecule has 0 fully saturated rings. The van der Waals surface area contributed by atoms with Crippen molar-refractivity contribution < 1.29 is 9.53 Å². The summed E-state index contributed by atoms with van der Waals surface area (Å²) in [6.45, 7) is 9.87. The lowest BCUT2D eigenvalue weighted by atomic mass is 9.98. The number of ether oxygens (including phenoxy) is 1. The molecule has 0 radical (unpaired) electrons. The van der Waals surface area contributed by atoms with Crippen molar-refractivity contribution in [3.63, 3.8) is 0 Å². The summed E-state index contributed by atoms with van der Waals surface area (Å²) in [6.07, 6.45) is 5.44. The zero-order valence-electron chi connectivity index (χ0n) is 14.1. The highest BCUT2D eigenvalue weighted by molar-refractivity contribution is 6.04. The summed E-state index contributed by atoms with van der Waals surface area (Å²) in [5, 5.41) is 1.95. The minimum atomic E-state index is -0.667. The van der Waals surface area contributed by atoms with Gasteiger partial charge in [0.05, 0.1) is 5.56 Å². The van der Waals surface area contributed by atoms with Crippen molar-refractivity contribution in [2.24, 2.45) is 0 Å². The van der Waals surface area contributed by atoms with Crippen LogP contribution in [0.3, 0.4) is 0 Å². The molecular formula is C21H24O2. The van der Waals surface area contributed by atoms with Crippen LogP contribution < -0.4 is 0 Å². The van der Waals surface area contributed by atoms with Gasteiger partial charge in [0.2, 0.25) is 0 Å². The first-order chi connectivity index (χ1) is 10.9. The molecular weight excluding hydrogens is 284 g/mol. The van der Waals surface area contributed by atoms with Gasteiger partial charge in [0.15, 0.2) is 0 Å². The minimum absolute atomic E-state index is 0.304. The van der Waals surface area contributed by atoms with Crippen LogP contribution in [0, 0.1) is 0 Å². The second kappa shape index (κ2) is 7.28.